The average Bonchev–Trinajstić information content (AvgIpc) is 2.37. The van der Waals surface area contributed by atoms with E-state index in [0.717, 1.165) is 6.42 Å². The fourth-order valence-corrected chi connectivity index (χ4v) is 2.29. The van der Waals surface area contributed by atoms with Gasteiger partial charge in [-0.2, -0.15) is 0 Å². The summed E-state index contributed by atoms with van der Waals surface area (Å²) in [5.74, 6) is 0.642. The maximum absolute atomic E-state index is 5.66. The highest BCUT2D eigenvalue weighted by molar-refractivity contribution is 5.31. The van der Waals surface area contributed by atoms with Gasteiger partial charge in [0.1, 0.15) is 5.82 Å². The van der Waals surface area contributed by atoms with E-state index in [1.165, 1.54) is 63.4 Å². The molecule has 0 saturated carbocycles. The molecule has 2 N–H and O–H groups in total. The molecule has 18 heavy (non-hydrogen) atoms. The van der Waals surface area contributed by atoms with Gasteiger partial charge < -0.3 is 5.73 Å². The Balaban J connectivity index is 1.92. The highest BCUT2D eigenvalue weighted by Crippen LogP contribution is 2.12. The molecule has 0 spiro atoms. The second-order valence-corrected chi connectivity index (χ2v) is 5.17. The maximum Gasteiger partial charge on any atom is 0.123 e. The topological polar surface area (TPSA) is 38.9 Å². The van der Waals surface area contributed by atoms with Crippen LogP contribution < -0.4 is 5.73 Å². The molecule has 1 aromatic rings. The minimum atomic E-state index is 0.642. The number of nitrogens with two attached hydrogens (primary N) is 1. The van der Waals surface area contributed by atoms with Crippen molar-refractivity contribution in [1.29, 1.82) is 0 Å². The van der Waals surface area contributed by atoms with Crippen molar-refractivity contribution < 1.29 is 0 Å². The summed E-state index contributed by atoms with van der Waals surface area (Å²) in [6.07, 6.45) is 15.4. The number of aryl methyl sites for hydroxylation is 1. The third-order valence-electron chi connectivity index (χ3n) is 3.41. The Morgan fingerprint density at radius 1 is 0.944 bits per heavy atom. The van der Waals surface area contributed by atoms with Gasteiger partial charge in [0.05, 0.1) is 0 Å². The Kier molecular flexibility index (Phi) is 8.28. The number of nitrogen functional groups attached to an aromatic ring is 1. The van der Waals surface area contributed by atoms with Gasteiger partial charge in [-0.15, -0.1) is 0 Å². The molecule has 0 aliphatic heterocycles. The van der Waals surface area contributed by atoms with Gasteiger partial charge in [0, 0.05) is 6.20 Å². The van der Waals surface area contributed by atoms with E-state index < -0.39 is 0 Å². The fourth-order valence-electron chi connectivity index (χ4n) is 2.29. The zero-order valence-corrected chi connectivity index (χ0v) is 11.8. The SMILES string of the molecule is CCCCCCCCCCCc1ccnc(N)c1. The van der Waals surface area contributed by atoms with Crippen LogP contribution in [0.2, 0.25) is 0 Å². The zero-order chi connectivity index (χ0) is 13.1. The van der Waals surface area contributed by atoms with Gasteiger partial charge in [0.25, 0.3) is 0 Å². The van der Waals surface area contributed by atoms with Crippen molar-refractivity contribution in [2.45, 2.75) is 71.1 Å². The van der Waals surface area contributed by atoms with Gasteiger partial charge in [0.15, 0.2) is 0 Å². The Morgan fingerprint density at radius 2 is 1.56 bits per heavy atom. The van der Waals surface area contributed by atoms with Crippen LogP contribution in [-0.4, -0.2) is 4.98 Å². The molecule has 0 atom stereocenters. The van der Waals surface area contributed by atoms with Gasteiger partial charge in [-0.25, -0.2) is 4.98 Å². The summed E-state index contributed by atoms with van der Waals surface area (Å²) in [6, 6.07) is 4.06. The molecular formula is C16H28N2. The molecule has 102 valence electrons. The average molecular weight is 248 g/mol. The zero-order valence-electron chi connectivity index (χ0n) is 11.8. The summed E-state index contributed by atoms with van der Waals surface area (Å²) in [5.41, 5.74) is 6.98. The summed E-state index contributed by atoms with van der Waals surface area (Å²) in [4.78, 5) is 4.01. The first-order chi connectivity index (χ1) is 8.83. The van der Waals surface area contributed by atoms with Crippen LogP contribution in [0.15, 0.2) is 18.3 Å². The van der Waals surface area contributed by atoms with Crippen molar-refractivity contribution >= 4 is 5.82 Å². The Bertz CT molecular complexity index is 310. The number of hydrogen-bond donors (Lipinski definition) is 1. The van der Waals surface area contributed by atoms with Crippen LogP contribution in [0, 0.1) is 0 Å². The molecular weight excluding hydrogens is 220 g/mol. The quantitative estimate of drug-likeness (QED) is 0.607. The van der Waals surface area contributed by atoms with E-state index in [-0.39, 0.29) is 0 Å². The normalized spacial score (nSPS) is 10.7. The predicted octanol–water partition coefficient (Wildman–Crippen LogP) is 4.74. The van der Waals surface area contributed by atoms with E-state index in [9.17, 15) is 0 Å². The van der Waals surface area contributed by atoms with Crippen LogP contribution in [0.1, 0.15) is 70.3 Å². The highest BCUT2D eigenvalue weighted by atomic mass is 14.8. The molecule has 1 aromatic heterocycles. The van der Waals surface area contributed by atoms with E-state index >= 15 is 0 Å². The first-order valence-corrected chi connectivity index (χ1v) is 7.53. The molecule has 0 saturated heterocycles. The first-order valence-electron chi connectivity index (χ1n) is 7.53. The molecule has 0 radical (unpaired) electrons. The van der Waals surface area contributed by atoms with Gasteiger partial charge in [-0.3, -0.25) is 0 Å². The predicted molar refractivity (Wildman–Crippen MR) is 79.6 cm³/mol. The fraction of sp³-hybridized carbons (Fsp3) is 0.688. The molecule has 1 heterocycles. The van der Waals surface area contributed by atoms with Crippen molar-refractivity contribution in [1.82, 2.24) is 4.98 Å². The molecule has 0 aliphatic rings. The van der Waals surface area contributed by atoms with E-state index in [2.05, 4.69) is 18.0 Å². The Morgan fingerprint density at radius 3 is 2.17 bits per heavy atom. The Hall–Kier alpha value is -1.05. The smallest absolute Gasteiger partial charge is 0.123 e. The number of unbranched alkanes of at least 4 members (excludes halogenated alkanes) is 8. The van der Waals surface area contributed by atoms with E-state index in [0.29, 0.717) is 5.82 Å². The summed E-state index contributed by atoms with van der Waals surface area (Å²) in [6.45, 7) is 2.27. The van der Waals surface area contributed by atoms with Gasteiger partial charge >= 0.3 is 0 Å². The lowest BCUT2D eigenvalue weighted by molar-refractivity contribution is 0.565. The second-order valence-electron chi connectivity index (χ2n) is 5.17. The second kappa shape index (κ2) is 9.93. The highest BCUT2D eigenvalue weighted by Gasteiger charge is 1.95. The lowest BCUT2D eigenvalue weighted by atomic mass is 10.0. The van der Waals surface area contributed by atoms with Crippen LogP contribution in [0.25, 0.3) is 0 Å². The number of aromatic nitrogens is 1. The van der Waals surface area contributed by atoms with Crippen LogP contribution in [0.5, 0.6) is 0 Å². The standard InChI is InChI=1S/C16H28N2/c1-2-3-4-5-6-7-8-9-10-11-15-12-13-18-16(17)14-15/h12-14H,2-11H2,1H3,(H2,17,18). The van der Waals surface area contributed by atoms with Crippen molar-refractivity contribution in [2.24, 2.45) is 0 Å². The van der Waals surface area contributed by atoms with Crippen molar-refractivity contribution in [2.75, 3.05) is 5.73 Å². The van der Waals surface area contributed by atoms with Crippen LogP contribution in [0.4, 0.5) is 5.82 Å². The number of rotatable bonds is 10. The van der Waals surface area contributed by atoms with Gasteiger partial charge in [-0.1, -0.05) is 58.3 Å². The van der Waals surface area contributed by atoms with E-state index in [4.69, 9.17) is 5.73 Å². The molecule has 0 amide bonds. The first kappa shape index (κ1) is 15.0. The number of nitrogens with zero attached hydrogens (tertiary/aromatic N) is 1. The van der Waals surface area contributed by atoms with E-state index in [1.807, 2.05) is 6.07 Å². The monoisotopic (exact) mass is 248 g/mol. The molecule has 0 aliphatic carbocycles. The number of anilines is 1. The van der Waals surface area contributed by atoms with Crippen molar-refractivity contribution in [3.05, 3.63) is 23.9 Å². The molecule has 2 heteroatoms. The summed E-state index contributed by atoms with van der Waals surface area (Å²) >= 11 is 0. The number of hydrogen-bond acceptors (Lipinski definition) is 2. The summed E-state index contributed by atoms with van der Waals surface area (Å²) < 4.78 is 0. The number of pyridine rings is 1. The molecule has 0 bridgehead atoms. The van der Waals surface area contributed by atoms with E-state index in [1.54, 1.807) is 6.20 Å². The lowest BCUT2D eigenvalue weighted by Crippen LogP contribution is -1.92. The summed E-state index contributed by atoms with van der Waals surface area (Å²) in [5, 5.41) is 0. The minimum absolute atomic E-state index is 0.642. The lowest BCUT2D eigenvalue weighted by Gasteiger charge is -2.03. The molecule has 1 rings (SSSR count). The van der Waals surface area contributed by atoms with Gasteiger partial charge in [0.2, 0.25) is 0 Å². The molecule has 0 fully saturated rings. The van der Waals surface area contributed by atoms with Crippen LogP contribution >= 0.6 is 0 Å². The van der Waals surface area contributed by atoms with Crippen LogP contribution in [0.3, 0.4) is 0 Å². The van der Waals surface area contributed by atoms with Crippen molar-refractivity contribution in [3.63, 3.8) is 0 Å². The summed E-state index contributed by atoms with van der Waals surface area (Å²) in [7, 11) is 0. The molecule has 2 nitrogen and oxygen atoms in total. The van der Waals surface area contributed by atoms with Gasteiger partial charge in [-0.05, 0) is 30.5 Å². The van der Waals surface area contributed by atoms with Crippen molar-refractivity contribution in [3.8, 4) is 0 Å². The maximum atomic E-state index is 5.66. The third-order valence-corrected chi connectivity index (χ3v) is 3.41. The van der Waals surface area contributed by atoms with Crippen LogP contribution in [-0.2, 0) is 6.42 Å². The largest absolute Gasteiger partial charge is 0.384 e. The Labute approximate surface area is 112 Å². The third kappa shape index (κ3) is 7.31. The minimum Gasteiger partial charge on any atom is -0.384 e. The molecule has 0 aromatic carbocycles. The molecule has 0 unspecified atom stereocenters.